The second-order valence-electron chi connectivity index (χ2n) is 3.00. The van der Waals surface area contributed by atoms with E-state index < -0.39 is 0 Å². The second kappa shape index (κ2) is 6.45. The summed E-state index contributed by atoms with van der Waals surface area (Å²) in [6.07, 6.45) is 0. The van der Waals surface area contributed by atoms with E-state index in [9.17, 15) is 0 Å². The highest BCUT2D eigenvalue weighted by molar-refractivity contribution is 6.31. The van der Waals surface area contributed by atoms with Crippen LogP contribution in [0.4, 0.5) is 0 Å². The summed E-state index contributed by atoms with van der Waals surface area (Å²) in [5, 5.41) is 9.27. The molecule has 0 fully saturated rings. The van der Waals surface area contributed by atoms with Crippen LogP contribution in [-0.4, -0.2) is 0 Å². The third kappa shape index (κ3) is 3.40. The Balaban J connectivity index is 0.000000791. The quantitative estimate of drug-likeness (QED) is 0.674. The molecule has 0 aliphatic carbocycles. The molecule has 0 aliphatic heterocycles. The third-order valence-electron chi connectivity index (χ3n) is 1.75. The molecule has 0 heterocycles. The van der Waals surface area contributed by atoms with Crippen molar-refractivity contribution in [3.63, 3.8) is 0 Å². The molecule has 0 N–H and O–H groups in total. The highest BCUT2D eigenvalue weighted by Crippen LogP contribution is 2.24. The number of nitriles is 1. The van der Waals surface area contributed by atoms with Gasteiger partial charge in [-0.2, -0.15) is 5.26 Å². The van der Waals surface area contributed by atoms with Crippen LogP contribution in [0.1, 0.15) is 44.7 Å². The molecule has 0 radical (unpaired) electrons. The van der Waals surface area contributed by atoms with Crippen molar-refractivity contribution in [3.8, 4) is 6.07 Å². The van der Waals surface area contributed by atoms with Crippen LogP contribution in [0, 0.1) is 11.3 Å². The van der Waals surface area contributed by atoms with Crippen LogP contribution in [-0.2, 0) is 0 Å². The standard InChI is InChI=1S/C10H10ClN.C2H6/c1-7(2)9-4-3-8(6-12)5-10(9)11;1-2/h3-5,7H,1-2H3;1-2H3. The summed E-state index contributed by atoms with van der Waals surface area (Å²) in [4.78, 5) is 0. The number of nitrogens with zero attached hydrogens (tertiary/aromatic N) is 1. The SMILES string of the molecule is CC.CC(C)c1ccc(C#N)cc1Cl. The van der Waals surface area contributed by atoms with E-state index in [1.165, 1.54) is 0 Å². The molecule has 0 atom stereocenters. The van der Waals surface area contributed by atoms with Crippen LogP contribution in [0.25, 0.3) is 0 Å². The van der Waals surface area contributed by atoms with E-state index in [2.05, 4.69) is 13.8 Å². The average Bonchev–Trinajstić information content (AvgIpc) is 2.20. The Labute approximate surface area is 91.3 Å². The molecule has 0 unspecified atom stereocenters. The third-order valence-corrected chi connectivity index (χ3v) is 2.08. The molecule has 0 bridgehead atoms. The number of hydrogen-bond donors (Lipinski definition) is 0. The van der Waals surface area contributed by atoms with Crippen LogP contribution in [0.5, 0.6) is 0 Å². The second-order valence-corrected chi connectivity index (χ2v) is 3.41. The highest BCUT2D eigenvalue weighted by atomic mass is 35.5. The molecule has 0 amide bonds. The largest absolute Gasteiger partial charge is 0.192 e. The van der Waals surface area contributed by atoms with Crippen LogP contribution in [0.3, 0.4) is 0 Å². The van der Waals surface area contributed by atoms with Gasteiger partial charge in [0.1, 0.15) is 0 Å². The Morgan fingerprint density at radius 2 is 1.86 bits per heavy atom. The summed E-state index contributed by atoms with van der Waals surface area (Å²) < 4.78 is 0. The van der Waals surface area contributed by atoms with Gasteiger partial charge in [-0.25, -0.2) is 0 Å². The van der Waals surface area contributed by atoms with Crippen molar-refractivity contribution < 1.29 is 0 Å². The van der Waals surface area contributed by atoms with Crippen molar-refractivity contribution in [2.24, 2.45) is 0 Å². The molecule has 76 valence electrons. The molecule has 0 spiro atoms. The Morgan fingerprint density at radius 3 is 2.21 bits per heavy atom. The summed E-state index contributed by atoms with van der Waals surface area (Å²) in [6, 6.07) is 7.46. The summed E-state index contributed by atoms with van der Waals surface area (Å²) in [6.45, 7) is 8.15. The molecule has 0 aromatic heterocycles. The summed E-state index contributed by atoms with van der Waals surface area (Å²) in [5.41, 5.74) is 1.71. The van der Waals surface area contributed by atoms with Crippen LogP contribution < -0.4 is 0 Å². The smallest absolute Gasteiger partial charge is 0.0992 e. The Bertz CT molecular complexity index is 324. The average molecular weight is 210 g/mol. The molecule has 0 saturated heterocycles. The zero-order valence-electron chi connectivity index (χ0n) is 9.13. The highest BCUT2D eigenvalue weighted by Gasteiger charge is 2.04. The van der Waals surface area contributed by atoms with Crippen molar-refractivity contribution in [1.29, 1.82) is 5.26 Å². The lowest BCUT2D eigenvalue weighted by Gasteiger charge is -2.06. The lowest BCUT2D eigenvalue weighted by atomic mass is 10.0. The lowest BCUT2D eigenvalue weighted by molar-refractivity contribution is 0.867. The van der Waals surface area contributed by atoms with E-state index in [0.29, 0.717) is 16.5 Å². The van der Waals surface area contributed by atoms with Gasteiger partial charge in [0.15, 0.2) is 0 Å². The fourth-order valence-corrected chi connectivity index (χ4v) is 1.46. The molecular formula is C12H16ClN. The molecule has 14 heavy (non-hydrogen) atoms. The number of benzene rings is 1. The number of halogens is 1. The van der Waals surface area contributed by atoms with Gasteiger partial charge in [-0.3, -0.25) is 0 Å². The van der Waals surface area contributed by atoms with Crippen LogP contribution >= 0.6 is 11.6 Å². The van der Waals surface area contributed by atoms with E-state index in [1.807, 2.05) is 26.0 Å². The minimum atomic E-state index is 0.408. The zero-order chi connectivity index (χ0) is 11.1. The molecule has 1 aromatic rings. The van der Waals surface area contributed by atoms with E-state index in [1.54, 1.807) is 12.1 Å². The molecule has 1 aromatic carbocycles. The summed E-state index contributed by atoms with van der Waals surface area (Å²) >= 11 is 5.95. The predicted octanol–water partition coefficient (Wildman–Crippen LogP) is 4.36. The van der Waals surface area contributed by atoms with Crippen molar-refractivity contribution in [3.05, 3.63) is 34.3 Å². The first-order valence-corrected chi connectivity index (χ1v) is 5.22. The Kier molecular flexibility index (Phi) is 5.99. The molecular weight excluding hydrogens is 194 g/mol. The minimum Gasteiger partial charge on any atom is -0.192 e. The van der Waals surface area contributed by atoms with Crippen molar-refractivity contribution in [1.82, 2.24) is 0 Å². The van der Waals surface area contributed by atoms with E-state index in [0.717, 1.165) is 5.56 Å². The first-order chi connectivity index (χ1) is 6.65. The normalized spacial score (nSPS) is 8.93. The van der Waals surface area contributed by atoms with Crippen LogP contribution in [0.2, 0.25) is 5.02 Å². The zero-order valence-corrected chi connectivity index (χ0v) is 9.89. The molecule has 0 saturated carbocycles. The van der Waals surface area contributed by atoms with Gasteiger partial charge in [-0.1, -0.05) is 45.4 Å². The maximum atomic E-state index is 8.58. The fourth-order valence-electron chi connectivity index (χ4n) is 1.06. The van der Waals surface area contributed by atoms with Gasteiger partial charge >= 0.3 is 0 Å². The van der Waals surface area contributed by atoms with Gasteiger partial charge in [0.25, 0.3) is 0 Å². The number of hydrogen-bond acceptors (Lipinski definition) is 1. The monoisotopic (exact) mass is 209 g/mol. The van der Waals surface area contributed by atoms with Crippen molar-refractivity contribution >= 4 is 11.6 Å². The van der Waals surface area contributed by atoms with E-state index >= 15 is 0 Å². The number of rotatable bonds is 1. The predicted molar refractivity (Wildman–Crippen MR) is 61.6 cm³/mol. The molecule has 1 nitrogen and oxygen atoms in total. The van der Waals surface area contributed by atoms with Gasteiger partial charge in [0.2, 0.25) is 0 Å². The van der Waals surface area contributed by atoms with Gasteiger partial charge < -0.3 is 0 Å². The topological polar surface area (TPSA) is 23.8 Å². The minimum absolute atomic E-state index is 0.408. The van der Waals surface area contributed by atoms with Crippen LogP contribution in [0.15, 0.2) is 18.2 Å². The van der Waals surface area contributed by atoms with Gasteiger partial charge in [0.05, 0.1) is 11.6 Å². The van der Waals surface area contributed by atoms with E-state index in [4.69, 9.17) is 16.9 Å². The Morgan fingerprint density at radius 1 is 1.29 bits per heavy atom. The maximum absolute atomic E-state index is 8.58. The first-order valence-electron chi connectivity index (χ1n) is 4.84. The van der Waals surface area contributed by atoms with Crippen molar-refractivity contribution in [2.45, 2.75) is 33.6 Å². The van der Waals surface area contributed by atoms with Gasteiger partial charge in [0, 0.05) is 5.02 Å². The molecule has 1 rings (SSSR count). The fraction of sp³-hybridized carbons (Fsp3) is 0.417. The summed E-state index contributed by atoms with van der Waals surface area (Å²) in [5.74, 6) is 0.408. The maximum Gasteiger partial charge on any atom is 0.0992 e. The van der Waals surface area contributed by atoms with Crippen molar-refractivity contribution in [2.75, 3.05) is 0 Å². The molecule has 2 heteroatoms. The summed E-state index contributed by atoms with van der Waals surface area (Å²) in [7, 11) is 0. The first kappa shape index (κ1) is 13.0. The van der Waals surface area contributed by atoms with E-state index in [-0.39, 0.29) is 0 Å². The van der Waals surface area contributed by atoms with Gasteiger partial charge in [-0.15, -0.1) is 0 Å². The molecule has 0 aliphatic rings. The Hall–Kier alpha value is -1.00. The van der Waals surface area contributed by atoms with Gasteiger partial charge in [-0.05, 0) is 23.6 Å². The lowest BCUT2D eigenvalue weighted by Crippen LogP contribution is -1.88.